The highest BCUT2D eigenvalue weighted by molar-refractivity contribution is 6.33. The number of piperidine rings is 1. The van der Waals surface area contributed by atoms with E-state index in [0.29, 0.717) is 23.4 Å². The van der Waals surface area contributed by atoms with Crippen LogP contribution in [0.4, 0.5) is 5.82 Å². The molecular weight excluding hydrogens is 412 g/mol. The van der Waals surface area contributed by atoms with Crippen LogP contribution in [0.15, 0.2) is 30.5 Å². The molecular formula is C24H31ClN4O2. The van der Waals surface area contributed by atoms with Gasteiger partial charge in [0.1, 0.15) is 11.6 Å². The Hall–Kier alpha value is -2.02. The Labute approximate surface area is 189 Å². The van der Waals surface area contributed by atoms with Gasteiger partial charge in [-0.15, -0.1) is 0 Å². The summed E-state index contributed by atoms with van der Waals surface area (Å²) in [5, 5.41) is 7.39. The van der Waals surface area contributed by atoms with Crippen molar-refractivity contribution >= 4 is 23.2 Å². The molecule has 7 heteroatoms. The van der Waals surface area contributed by atoms with Crippen molar-refractivity contribution in [2.75, 3.05) is 31.6 Å². The maximum atomic E-state index is 12.7. The molecule has 2 atom stereocenters. The fourth-order valence-electron chi connectivity index (χ4n) is 4.25. The minimum absolute atomic E-state index is 0.0629. The van der Waals surface area contributed by atoms with E-state index in [-0.39, 0.29) is 11.7 Å². The number of halogens is 1. The molecule has 0 saturated carbocycles. The first-order valence-electron chi connectivity index (χ1n) is 11.3. The lowest BCUT2D eigenvalue weighted by Gasteiger charge is -2.26. The molecule has 31 heavy (non-hydrogen) atoms. The molecule has 0 unspecified atom stereocenters. The maximum Gasteiger partial charge on any atom is 0.143 e. The lowest BCUT2D eigenvalue weighted by atomic mass is 9.90. The number of pyridine rings is 2. The SMILES string of the molecule is C[C@@H]1CC[C@@H](C(=O)Cc2cc(-c3cccc(NCC4CCOCC4)n3)c(Cl)cn2)CN1. The third-order valence-corrected chi connectivity index (χ3v) is 6.62. The summed E-state index contributed by atoms with van der Waals surface area (Å²) in [7, 11) is 0. The van der Waals surface area contributed by atoms with Gasteiger partial charge in [0, 0.05) is 62.1 Å². The maximum absolute atomic E-state index is 12.7. The summed E-state index contributed by atoms with van der Waals surface area (Å²) < 4.78 is 5.43. The van der Waals surface area contributed by atoms with Gasteiger partial charge in [0.25, 0.3) is 0 Å². The molecule has 2 aliphatic rings. The van der Waals surface area contributed by atoms with Crippen molar-refractivity contribution in [2.45, 2.75) is 45.1 Å². The molecule has 0 bridgehead atoms. The van der Waals surface area contributed by atoms with Gasteiger partial charge in [-0.25, -0.2) is 4.98 Å². The number of ketones is 1. The Bertz CT molecular complexity index is 893. The summed E-state index contributed by atoms with van der Waals surface area (Å²) in [6.45, 7) is 5.47. The van der Waals surface area contributed by atoms with E-state index in [1.165, 1.54) is 0 Å². The van der Waals surface area contributed by atoms with Crippen molar-refractivity contribution in [1.29, 1.82) is 0 Å². The third-order valence-electron chi connectivity index (χ3n) is 6.32. The molecule has 4 rings (SSSR count). The van der Waals surface area contributed by atoms with Crippen LogP contribution in [0, 0.1) is 11.8 Å². The van der Waals surface area contributed by atoms with Crippen LogP contribution >= 0.6 is 11.6 Å². The molecule has 2 fully saturated rings. The Morgan fingerprint density at radius 1 is 1.26 bits per heavy atom. The number of ether oxygens (including phenoxy) is 1. The van der Waals surface area contributed by atoms with Crippen LogP contribution in [0.25, 0.3) is 11.3 Å². The number of Topliss-reactive ketones (excluding diaryl/α,β-unsaturated/α-hetero) is 1. The molecule has 6 nitrogen and oxygen atoms in total. The number of nitrogens with zero attached hydrogens (tertiary/aromatic N) is 2. The number of carbonyl (C=O) groups excluding carboxylic acids is 1. The van der Waals surface area contributed by atoms with Crippen molar-refractivity contribution in [3.63, 3.8) is 0 Å². The van der Waals surface area contributed by atoms with Crippen molar-refractivity contribution in [3.05, 3.63) is 41.2 Å². The van der Waals surface area contributed by atoms with Crippen LogP contribution < -0.4 is 10.6 Å². The lowest BCUT2D eigenvalue weighted by Crippen LogP contribution is -2.40. The topological polar surface area (TPSA) is 76.1 Å². The first kappa shape index (κ1) is 22.2. The molecule has 2 aliphatic heterocycles. The zero-order chi connectivity index (χ0) is 21.6. The zero-order valence-corrected chi connectivity index (χ0v) is 18.8. The van der Waals surface area contributed by atoms with Crippen LogP contribution in [-0.4, -0.2) is 48.1 Å². The number of hydrogen-bond acceptors (Lipinski definition) is 6. The van der Waals surface area contributed by atoms with E-state index < -0.39 is 0 Å². The van der Waals surface area contributed by atoms with Gasteiger partial charge in [0.05, 0.1) is 10.7 Å². The number of rotatable bonds is 7. The first-order chi connectivity index (χ1) is 15.1. The highest BCUT2D eigenvalue weighted by Crippen LogP contribution is 2.28. The standard InChI is InChI=1S/C24H31ClN4O2/c1-16-5-6-18(14-26-16)23(30)12-19-11-20(21(25)15-27-19)22-3-2-4-24(29-22)28-13-17-7-9-31-10-8-17/h2-4,11,15-18,26H,5-10,12-14H2,1H3,(H,28,29)/t16-,18-/m1/s1. The van der Waals surface area contributed by atoms with Crippen molar-refractivity contribution < 1.29 is 9.53 Å². The van der Waals surface area contributed by atoms with Gasteiger partial charge >= 0.3 is 0 Å². The lowest BCUT2D eigenvalue weighted by molar-refractivity contribution is -0.122. The van der Waals surface area contributed by atoms with Gasteiger partial charge in [-0.2, -0.15) is 0 Å². The largest absolute Gasteiger partial charge is 0.381 e. The van der Waals surface area contributed by atoms with Gasteiger partial charge in [-0.3, -0.25) is 9.78 Å². The Kier molecular flexibility index (Phi) is 7.54. The number of anilines is 1. The Balaban J connectivity index is 1.43. The fourth-order valence-corrected chi connectivity index (χ4v) is 4.45. The third kappa shape index (κ3) is 6.03. The van der Waals surface area contributed by atoms with E-state index in [1.807, 2.05) is 24.3 Å². The minimum Gasteiger partial charge on any atom is -0.381 e. The van der Waals surface area contributed by atoms with Gasteiger partial charge < -0.3 is 15.4 Å². The molecule has 2 aromatic rings. The zero-order valence-electron chi connectivity index (χ0n) is 18.1. The van der Waals surface area contributed by atoms with Crippen LogP contribution in [-0.2, 0) is 16.0 Å². The van der Waals surface area contributed by atoms with E-state index >= 15 is 0 Å². The van der Waals surface area contributed by atoms with Crippen LogP contribution in [0.1, 0.15) is 38.3 Å². The highest BCUT2D eigenvalue weighted by Gasteiger charge is 2.24. The Morgan fingerprint density at radius 3 is 2.87 bits per heavy atom. The quantitative estimate of drug-likeness (QED) is 0.671. The fraction of sp³-hybridized carbons (Fsp3) is 0.542. The molecule has 0 aromatic carbocycles. The Morgan fingerprint density at radius 2 is 2.10 bits per heavy atom. The van der Waals surface area contributed by atoms with Gasteiger partial charge in [0.15, 0.2) is 0 Å². The van der Waals surface area contributed by atoms with E-state index in [9.17, 15) is 4.79 Å². The second-order valence-corrected chi connectivity index (χ2v) is 9.13. The van der Waals surface area contributed by atoms with E-state index in [2.05, 4.69) is 22.5 Å². The molecule has 2 N–H and O–H groups in total. The van der Waals surface area contributed by atoms with Gasteiger partial charge in [0.2, 0.25) is 0 Å². The minimum atomic E-state index is 0.0629. The molecule has 0 spiro atoms. The van der Waals surface area contributed by atoms with Crippen LogP contribution in [0.2, 0.25) is 5.02 Å². The summed E-state index contributed by atoms with van der Waals surface area (Å²) in [6, 6.07) is 8.29. The normalized spacial score (nSPS) is 22.3. The predicted octanol–water partition coefficient (Wildman–Crippen LogP) is 4.14. The first-order valence-corrected chi connectivity index (χ1v) is 11.7. The number of aromatic nitrogens is 2. The van der Waals surface area contributed by atoms with Crippen molar-refractivity contribution in [1.82, 2.24) is 15.3 Å². The number of carbonyl (C=O) groups is 1. The monoisotopic (exact) mass is 442 g/mol. The van der Waals surface area contributed by atoms with E-state index in [1.54, 1.807) is 6.20 Å². The average Bonchev–Trinajstić information content (AvgIpc) is 2.80. The molecule has 166 valence electrons. The predicted molar refractivity (Wildman–Crippen MR) is 123 cm³/mol. The van der Waals surface area contributed by atoms with E-state index in [4.69, 9.17) is 21.3 Å². The second kappa shape index (κ2) is 10.5. The van der Waals surface area contributed by atoms with Crippen molar-refractivity contribution in [2.24, 2.45) is 11.8 Å². The van der Waals surface area contributed by atoms with Crippen LogP contribution in [0.5, 0.6) is 0 Å². The molecule has 2 aromatic heterocycles. The highest BCUT2D eigenvalue weighted by atomic mass is 35.5. The molecule has 0 aliphatic carbocycles. The van der Waals surface area contributed by atoms with Crippen molar-refractivity contribution in [3.8, 4) is 11.3 Å². The van der Waals surface area contributed by atoms with Gasteiger partial charge in [-0.1, -0.05) is 17.7 Å². The molecule has 0 amide bonds. The number of nitrogens with one attached hydrogen (secondary N) is 2. The second-order valence-electron chi connectivity index (χ2n) is 8.73. The number of hydrogen-bond donors (Lipinski definition) is 2. The molecule has 0 radical (unpaired) electrons. The summed E-state index contributed by atoms with van der Waals surface area (Å²) >= 11 is 6.45. The molecule has 2 saturated heterocycles. The average molecular weight is 443 g/mol. The smallest absolute Gasteiger partial charge is 0.143 e. The van der Waals surface area contributed by atoms with E-state index in [0.717, 1.165) is 74.8 Å². The summed E-state index contributed by atoms with van der Waals surface area (Å²) in [4.78, 5) is 21.9. The molecule has 4 heterocycles. The summed E-state index contributed by atoms with van der Waals surface area (Å²) in [6.07, 6.45) is 6.09. The summed E-state index contributed by atoms with van der Waals surface area (Å²) in [5.74, 6) is 1.74. The summed E-state index contributed by atoms with van der Waals surface area (Å²) in [5.41, 5.74) is 2.33. The van der Waals surface area contributed by atoms with Gasteiger partial charge in [-0.05, 0) is 56.7 Å². The van der Waals surface area contributed by atoms with Crippen LogP contribution in [0.3, 0.4) is 0 Å².